The second-order valence-corrected chi connectivity index (χ2v) is 9.55. The quantitative estimate of drug-likeness (QED) is 0.294. The van der Waals surface area contributed by atoms with Crippen LogP contribution >= 0.6 is 0 Å². The summed E-state index contributed by atoms with van der Waals surface area (Å²) in [4.78, 5) is 13.5. The van der Waals surface area contributed by atoms with Crippen LogP contribution in [0.1, 0.15) is 30.6 Å². The first kappa shape index (κ1) is 22.7. The molecule has 178 valence electrons. The number of quaternary nitrogens is 1. The first-order valence-electron chi connectivity index (χ1n) is 12.1. The number of nitrogens with zero attached hydrogens (tertiary/aromatic N) is 1. The van der Waals surface area contributed by atoms with Gasteiger partial charge in [-0.15, -0.1) is 0 Å². The van der Waals surface area contributed by atoms with E-state index in [4.69, 9.17) is 13.9 Å². The van der Waals surface area contributed by atoms with Crippen LogP contribution in [0, 0.1) is 5.92 Å². The Kier molecular flexibility index (Phi) is 6.44. The van der Waals surface area contributed by atoms with Gasteiger partial charge in [-0.05, 0) is 24.3 Å². The van der Waals surface area contributed by atoms with E-state index in [1.165, 1.54) is 6.26 Å². The minimum atomic E-state index is -1.97. The number of esters is 1. The predicted octanol–water partition coefficient (Wildman–Crippen LogP) is 4.14. The van der Waals surface area contributed by atoms with Gasteiger partial charge in [0.2, 0.25) is 5.60 Å². The molecule has 1 aromatic heterocycles. The Bertz CT molecular complexity index is 1060. The second kappa shape index (κ2) is 9.65. The lowest BCUT2D eigenvalue weighted by molar-refractivity contribution is -0.946. The largest absolute Gasteiger partial charge is 0.493 e. The van der Waals surface area contributed by atoms with E-state index in [9.17, 15) is 9.90 Å². The second-order valence-electron chi connectivity index (χ2n) is 9.55. The molecule has 1 unspecified atom stereocenters. The molecule has 2 aromatic carbocycles. The van der Waals surface area contributed by atoms with Gasteiger partial charge in [0.05, 0.1) is 32.5 Å². The van der Waals surface area contributed by atoms with E-state index in [-0.39, 0.29) is 11.9 Å². The normalized spacial score (nSPS) is 25.4. The molecule has 0 spiro atoms. The van der Waals surface area contributed by atoms with Crippen molar-refractivity contribution in [2.45, 2.75) is 31.0 Å². The van der Waals surface area contributed by atoms with E-state index >= 15 is 0 Å². The van der Waals surface area contributed by atoms with Crippen molar-refractivity contribution in [3.05, 3.63) is 90.4 Å². The Morgan fingerprint density at radius 2 is 1.71 bits per heavy atom. The number of carbonyl (C=O) groups is 1. The van der Waals surface area contributed by atoms with E-state index in [0.717, 1.165) is 55.7 Å². The molecule has 3 aromatic rings. The highest BCUT2D eigenvalue weighted by molar-refractivity contribution is 5.84. The molecule has 0 saturated carbocycles. The summed E-state index contributed by atoms with van der Waals surface area (Å²) in [7, 11) is 0. The van der Waals surface area contributed by atoms with Gasteiger partial charge in [0.15, 0.2) is 11.9 Å². The van der Waals surface area contributed by atoms with Gasteiger partial charge in [-0.3, -0.25) is 0 Å². The van der Waals surface area contributed by atoms with Crippen molar-refractivity contribution in [3.63, 3.8) is 0 Å². The number of piperidine rings is 3. The van der Waals surface area contributed by atoms with Crippen molar-refractivity contribution in [2.75, 3.05) is 32.8 Å². The van der Waals surface area contributed by atoms with E-state index in [2.05, 4.69) is 0 Å². The molecule has 3 aliphatic rings. The summed E-state index contributed by atoms with van der Waals surface area (Å²) in [5.41, 5.74) is -1.52. The maximum atomic E-state index is 13.5. The van der Waals surface area contributed by atoms with Crippen LogP contribution in [0.5, 0.6) is 5.75 Å². The maximum Gasteiger partial charge on any atom is 0.351 e. The average Bonchev–Trinajstić information content (AvgIpc) is 3.44. The van der Waals surface area contributed by atoms with E-state index < -0.39 is 11.6 Å². The zero-order valence-corrected chi connectivity index (χ0v) is 19.3. The number of carbonyl (C=O) groups excluding carboxylic acids is 1. The number of hydrogen-bond donors (Lipinski definition) is 1. The van der Waals surface area contributed by atoms with Crippen LogP contribution in [0.3, 0.4) is 0 Å². The Hall–Kier alpha value is -3.09. The fourth-order valence-electron chi connectivity index (χ4n) is 5.52. The minimum absolute atomic E-state index is 0.173. The lowest BCUT2D eigenvalue weighted by Crippen LogP contribution is -2.65. The summed E-state index contributed by atoms with van der Waals surface area (Å²) in [6.45, 7) is 4.65. The molecule has 6 rings (SSSR count). The first-order valence-corrected chi connectivity index (χ1v) is 12.1. The molecule has 4 heterocycles. The molecule has 0 aliphatic carbocycles. The van der Waals surface area contributed by atoms with Gasteiger partial charge in [-0.2, -0.15) is 0 Å². The van der Waals surface area contributed by atoms with Crippen molar-refractivity contribution in [1.82, 2.24) is 0 Å². The third-order valence-electron chi connectivity index (χ3n) is 7.45. The summed E-state index contributed by atoms with van der Waals surface area (Å²) in [6.07, 6.45) is 4.25. The van der Waals surface area contributed by atoms with Crippen molar-refractivity contribution in [1.29, 1.82) is 0 Å². The number of benzene rings is 2. The number of ether oxygens (including phenoxy) is 2. The number of rotatable bonds is 9. The topological polar surface area (TPSA) is 68.9 Å². The van der Waals surface area contributed by atoms with Crippen molar-refractivity contribution < 1.29 is 28.3 Å². The monoisotopic (exact) mass is 462 g/mol. The number of aliphatic hydroxyl groups is 1. The molecule has 34 heavy (non-hydrogen) atoms. The highest BCUT2D eigenvalue weighted by Gasteiger charge is 2.51. The van der Waals surface area contributed by atoms with Gasteiger partial charge < -0.3 is 23.5 Å². The number of hydrogen-bond acceptors (Lipinski definition) is 5. The summed E-state index contributed by atoms with van der Waals surface area (Å²) in [6, 6.07) is 22.1. The number of furan rings is 1. The van der Waals surface area contributed by atoms with Crippen LogP contribution in [0.25, 0.3) is 0 Å². The first-order chi connectivity index (χ1) is 16.6. The fourth-order valence-corrected chi connectivity index (χ4v) is 5.52. The van der Waals surface area contributed by atoms with Gasteiger partial charge in [0.1, 0.15) is 12.3 Å². The maximum absolute atomic E-state index is 13.5. The molecule has 3 saturated heterocycles. The molecule has 3 aliphatic heterocycles. The van der Waals surface area contributed by atoms with E-state index in [0.29, 0.717) is 18.1 Å². The summed E-state index contributed by atoms with van der Waals surface area (Å²) in [5, 5.41) is 11.6. The average molecular weight is 463 g/mol. The Morgan fingerprint density at radius 3 is 2.38 bits per heavy atom. The standard InChI is InChI=1S/C28H32NO5/c30-27(28(31,26-13-7-19-33-26)23-9-3-1-4-10-23)34-25-21-29(17-14-22(25)15-18-29)16-8-20-32-24-11-5-2-6-12-24/h1-7,9-13,19,22,25,31H,8,14-18,20-21H2/q+1/t22?,25-,28?,29?/m0/s1. The molecule has 6 heteroatoms. The molecule has 3 fully saturated rings. The van der Waals surface area contributed by atoms with Gasteiger partial charge in [0, 0.05) is 30.7 Å². The summed E-state index contributed by atoms with van der Waals surface area (Å²) in [5.74, 6) is 0.732. The number of para-hydroxylation sites is 1. The van der Waals surface area contributed by atoms with Crippen molar-refractivity contribution in [3.8, 4) is 5.75 Å². The lowest BCUT2D eigenvalue weighted by Gasteiger charge is -2.52. The Morgan fingerprint density at radius 1 is 1.00 bits per heavy atom. The number of fused-ring (bicyclic) bond motifs is 3. The fraction of sp³-hybridized carbons (Fsp3) is 0.393. The lowest BCUT2D eigenvalue weighted by atomic mass is 9.82. The molecular formula is C28H32NO5+. The van der Waals surface area contributed by atoms with Crippen LogP contribution in [0.15, 0.2) is 83.5 Å². The van der Waals surface area contributed by atoms with Crippen LogP contribution < -0.4 is 4.74 Å². The highest BCUT2D eigenvalue weighted by Crippen LogP contribution is 2.38. The zero-order valence-electron chi connectivity index (χ0n) is 19.3. The van der Waals surface area contributed by atoms with Gasteiger partial charge in [-0.1, -0.05) is 48.5 Å². The predicted molar refractivity (Wildman–Crippen MR) is 127 cm³/mol. The third-order valence-corrected chi connectivity index (χ3v) is 7.45. The third kappa shape index (κ3) is 4.48. The van der Waals surface area contributed by atoms with Gasteiger partial charge >= 0.3 is 5.97 Å². The molecule has 2 bridgehead atoms. The van der Waals surface area contributed by atoms with Crippen molar-refractivity contribution >= 4 is 5.97 Å². The zero-order chi connectivity index (χ0) is 23.4. The van der Waals surface area contributed by atoms with E-state index in [1.807, 2.05) is 36.4 Å². The van der Waals surface area contributed by atoms with Crippen LogP contribution in [0.4, 0.5) is 0 Å². The highest BCUT2D eigenvalue weighted by atomic mass is 16.6. The van der Waals surface area contributed by atoms with Crippen LogP contribution in [-0.2, 0) is 15.1 Å². The molecule has 6 nitrogen and oxygen atoms in total. The molecule has 2 atom stereocenters. The molecule has 1 N–H and O–H groups in total. The Labute approximate surface area is 200 Å². The summed E-state index contributed by atoms with van der Waals surface area (Å²) >= 11 is 0. The van der Waals surface area contributed by atoms with Crippen LogP contribution in [0.2, 0.25) is 0 Å². The van der Waals surface area contributed by atoms with Gasteiger partial charge in [-0.25, -0.2) is 4.79 Å². The van der Waals surface area contributed by atoms with Gasteiger partial charge in [0.25, 0.3) is 0 Å². The van der Waals surface area contributed by atoms with Crippen molar-refractivity contribution in [2.24, 2.45) is 5.92 Å². The Balaban J connectivity index is 1.25. The minimum Gasteiger partial charge on any atom is -0.493 e. The van der Waals surface area contributed by atoms with E-state index in [1.54, 1.807) is 36.4 Å². The van der Waals surface area contributed by atoms with Crippen LogP contribution in [-0.4, -0.2) is 54.4 Å². The smallest absolute Gasteiger partial charge is 0.351 e. The SMILES string of the molecule is O=C(O[C@H]1C[N+]2(CCCOc3ccccc3)CCC1CC2)C(O)(c1ccccc1)c1ccco1. The molecular weight excluding hydrogens is 430 g/mol. The summed E-state index contributed by atoms with van der Waals surface area (Å²) < 4.78 is 18.4. The molecule has 0 radical (unpaired) electrons. The molecule has 0 amide bonds.